The van der Waals surface area contributed by atoms with Crippen molar-refractivity contribution in [2.24, 2.45) is 0 Å². The SMILES string of the molecule is C[N+](C)(C)C.c1ccccc1. The second-order valence-corrected chi connectivity index (χ2v) is 3.84. The molecule has 1 nitrogen and oxygen atoms in total. The molecule has 0 bridgehead atoms. The van der Waals surface area contributed by atoms with E-state index in [2.05, 4.69) is 28.2 Å². The third-order valence-corrected chi connectivity index (χ3v) is 0.667. The molecule has 0 aliphatic rings. The third-order valence-electron chi connectivity index (χ3n) is 0.667. The molecule has 0 aliphatic heterocycles. The van der Waals surface area contributed by atoms with Crippen molar-refractivity contribution in [1.29, 1.82) is 0 Å². The minimum absolute atomic E-state index is 1.00. The van der Waals surface area contributed by atoms with E-state index in [1.807, 2.05) is 36.4 Å². The molecule has 62 valence electrons. The van der Waals surface area contributed by atoms with E-state index in [1.54, 1.807) is 0 Å². The van der Waals surface area contributed by atoms with Crippen LogP contribution < -0.4 is 0 Å². The second kappa shape index (κ2) is 4.91. The lowest BCUT2D eigenvalue weighted by Crippen LogP contribution is -2.27. The van der Waals surface area contributed by atoms with Crippen LogP contribution in [0.1, 0.15) is 0 Å². The second-order valence-electron chi connectivity index (χ2n) is 3.84. The molecule has 0 amide bonds. The Morgan fingerprint density at radius 3 is 0.727 bits per heavy atom. The lowest BCUT2D eigenvalue weighted by atomic mass is 10.4. The van der Waals surface area contributed by atoms with E-state index in [9.17, 15) is 0 Å². The van der Waals surface area contributed by atoms with Crippen LogP contribution in [0, 0.1) is 0 Å². The molecule has 0 radical (unpaired) electrons. The maximum absolute atomic E-state index is 2.12. The summed E-state index contributed by atoms with van der Waals surface area (Å²) in [6.07, 6.45) is 0. The van der Waals surface area contributed by atoms with Gasteiger partial charge in [0.25, 0.3) is 0 Å². The molecule has 0 fully saturated rings. The van der Waals surface area contributed by atoms with Crippen molar-refractivity contribution in [2.75, 3.05) is 28.2 Å². The van der Waals surface area contributed by atoms with Crippen LogP contribution in [0.15, 0.2) is 36.4 Å². The van der Waals surface area contributed by atoms with Crippen molar-refractivity contribution < 1.29 is 4.48 Å². The zero-order valence-corrected chi connectivity index (χ0v) is 7.91. The summed E-state index contributed by atoms with van der Waals surface area (Å²) in [5.41, 5.74) is 0. The van der Waals surface area contributed by atoms with Crippen LogP contribution in [0.5, 0.6) is 0 Å². The predicted molar refractivity (Wildman–Crippen MR) is 50.4 cm³/mol. The number of benzene rings is 1. The first kappa shape index (κ1) is 10.2. The molecule has 1 rings (SSSR count). The van der Waals surface area contributed by atoms with Crippen molar-refractivity contribution in [3.63, 3.8) is 0 Å². The van der Waals surface area contributed by atoms with E-state index in [0.717, 1.165) is 4.48 Å². The Balaban J connectivity index is 0.000000187. The summed E-state index contributed by atoms with van der Waals surface area (Å²) in [4.78, 5) is 0. The molecule has 1 aromatic carbocycles. The van der Waals surface area contributed by atoms with Gasteiger partial charge in [0, 0.05) is 0 Å². The van der Waals surface area contributed by atoms with E-state index >= 15 is 0 Å². The van der Waals surface area contributed by atoms with Gasteiger partial charge in [0.05, 0.1) is 28.2 Å². The molecule has 1 aromatic rings. The Hall–Kier alpha value is -0.820. The average Bonchev–Trinajstić information content (AvgIpc) is 1.88. The minimum atomic E-state index is 1.00. The highest BCUT2D eigenvalue weighted by molar-refractivity contribution is 4.99. The van der Waals surface area contributed by atoms with E-state index in [0.29, 0.717) is 0 Å². The monoisotopic (exact) mass is 152 g/mol. The Bertz CT molecular complexity index is 129. The van der Waals surface area contributed by atoms with Gasteiger partial charge in [-0.25, -0.2) is 0 Å². The van der Waals surface area contributed by atoms with Crippen LogP contribution in [-0.2, 0) is 0 Å². The molecule has 0 aliphatic carbocycles. The van der Waals surface area contributed by atoms with Crippen LogP contribution in [0.2, 0.25) is 0 Å². The van der Waals surface area contributed by atoms with Crippen LogP contribution >= 0.6 is 0 Å². The minimum Gasteiger partial charge on any atom is -0.333 e. The number of quaternary nitrogens is 1. The van der Waals surface area contributed by atoms with Crippen LogP contribution in [0.25, 0.3) is 0 Å². The normalized spacial score (nSPS) is 9.82. The van der Waals surface area contributed by atoms with Crippen molar-refractivity contribution >= 4 is 0 Å². The molecule has 0 aromatic heterocycles. The number of nitrogens with zero attached hydrogens (tertiary/aromatic N) is 1. The van der Waals surface area contributed by atoms with E-state index < -0.39 is 0 Å². The molecule has 1 heteroatoms. The first-order chi connectivity index (χ1) is 5.00. The fourth-order valence-electron chi connectivity index (χ4n) is 0.385. The molecular formula is C10H18N+. The number of rotatable bonds is 0. The summed E-state index contributed by atoms with van der Waals surface area (Å²) >= 11 is 0. The topological polar surface area (TPSA) is 0 Å². The van der Waals surface area contributed by atoms with Gasteiger partial charge in [-0.05, 0) is 0 Å². The van der Waals surface area contributed by atoms with Crippen molar-refractivity contribution in [3.05, 3.63) is 36.4 Å². The van der Waals surface area contributed by atoms with Crippen molar-refractivity contribution in [3.8, 4) is 0 Å². The third kappa shape index (κ3) is 17.6. The van der Waals surface area contributed by atoms with E-state index in [4.69, 9.17) is 0 Å². The van der Waals surface area contributed by atoms with Gasteiger partial charge in [0.1, 0.15) is 0 Å². The molecular weight excluding hydrogens is 134 g/mol. The first-order valence-electron chi connectivity index (χ1n) is 3.79. The zero-order chi connectivity index (χ0) is 8.74. The Labute approximate surface area is 69.9 Å². The zero-order valence-electron chi connectivity index (χ0n) is 7.91. The van der Waals surface area contributed by atoms with Gasteiger partial charge in [-0.3, -0.25) is 0 Å². The fraction of sp³-hybridized carbons (Fsp3) is 0.400. The van der Waals surface area contributed by atoms with Crippen LogP contribution in [-0.4, -0.2) is 32.7 Å². The smallest absolute Gasteiger partial charge is 0.0675 e. The van der Waals surface area contributed by atoms with E-state index in [-0.39, 0.29) is 0 Å². The van der Waals surface area contributed by atoms with Crippen molar-refractivity contribution in [2.45, 2.75) is 0 Å². The number of hydrogen-bond donors (Lipinski definition) is 0. The summed E-state index contributed by atoms with van der Waals surface area (Å²) < 4.78 is 1.00. The summed E-state index contributed by atoms with van der Waals surface area (Å²) in [7, 11) is 8.50. The quantitative estimate of drug-likeness (QED) is 0.499. The highest BCUT2D eigenvalue weighted by atomic mass is 15.2. The molecule has 0 heterocycles. The standard InChI is InChI=1S/C6H6.C4H12N/c1-2-4-6-5-3-1;1-5(2,3)4/h1-6H;1-4H3/q;+1. The Morgan fingerprint density at radius 2 is 0.636 bits per heavy atom. The maximum atomic E-state index is 2.12. The molecule has 0 unspecified atom stereocenters. The summed E-state index contributed by atoms with van der Waals surface area (Å²) in [6.45, 7) is 0. The first-order valence-corrected chi connectivity index (χ1v) is 3.79. The largest absolute Gasteiger partial charge is 0.333 e. The number of hydrogen-bond acceptors (Lipinski definition) is 0. The molecule has 0 atom stereocenters. The van der Waals surface area contributed by atoms with Crippen LogP contribution in [0.3, 0.4) is 0 Å². The van der Waals surface area contributed by atoms with Gasteiger partial charge in [-0.15, -0.1) is 0 Å². The Kier molecular flexibility index (Phi) is 4.55. The van der Waals surface area contributed by atoms with Gasteiger partial charge in [0.15, 0.2) is 0 Å². The molecule has 0 saturated carbocycles. The summed E-state index contributed by atoms with van der Waals surface area (Å²) in [5, 5.41) is 0. The summed E-state index contributed by atoms with van der Waals surface area (Å²) in [5.74, 6) is 0. The van der Waals surface area contributed by atoms with Gasteiger partial charge >= 0.3 is 0 Å². The van der Waals surface area contributed by atoms with Crippen LogP contribution in [0.4, 0.5) is 0 Å². The van der Waals surface area contributed by atoms with Gasteiger partial charge < -0.3 is 4.48 Å². The highest BCUT2D eigenvalue weighted by Gasteiger charge is 1.88. The molecule has 11 heavy (non-hydrogen) atoms. The molecule has 0 N–H and O–H groups in total. The highest BCUT2D eigenvalue weighted by Crippen LogP contribution is 1.79. The van der Waals surface area contributed by atoms with Crippen molar-refractivity contribution in [1.82, 2.24) is 0 Å². The van der Waals surface area contributed by atoms with Gasteiger partial charge in [-0.2, -0.15) is 0 Å². The predicted octanol–water partition coefficient (Wildman–Crippen LogP) is 2.01. The average molecular weight is 152 g/mol. The summed E-state index contributed by atoms with van der Waals surface area (Å²) in [6, 6.07) is 12.0. The maximum Gasteiger partial charge on any atom is 0.0675 e. The Morgan fingerprint density at radius 1 is 0.545 bits per heavy atom. The molecule has 0 saturated heterocycles. The van der Waals surface area contributed by atoms with E-state index in [1.165, 1.54) is 0 Å². The van der Waals surface area contributed by atoms with Gasteiger partial charge in [-0.1, -0.05) is 36.4 Å². The fourth-order valence-corrected chi connectivity index (χ4v) is 0.385. The lowest BCUT2D eigenvalue weighted by Gasteiger charge is -2.14. The lowest BCUT2D eigenvalue weighted by molar-refractivity contribution is -0.849. The van der Waals surface area contributed by atoms with Gasteiger partial charge in [0.2, 0.25) is 0 Å². The molecule has 0 spiro atoms.